The van der Waals surface area contributed by atoms with Gasteiger partial charge in [0, 0.05) is 19.3 Å². The quantitative estimate of drug-likeness (QED) is 0.490. The van der Waals surface area contributed by atoms with Crippen LogP contribution >= 0.6 is 0 Å². The first-order chi connectivity index (χ1) is 15.6. The topological polar surface area (TPSA) is 60.1 Å². The lowest BCUT2D eigenvalue weighted by Crippen LogP contribution is -2.33. The van der Waals surface area contributed by atoms with Crippen LogP contribution in [-0.4, -0.2) is 38.0 Å². The molecule has 32 heavy (non-hydrogen) atoms. The highest BCUT2D eigenvalue weighted by Crippen LogP contribution is 2.25. The van der Waals surface area contributed by atoms with Crippen molar-refractivity contribution in [3.8, 4) is 0 Å². The molecule has 0 bridgehead atoms. The molecule has 1 aliphatic heterocycles. The first-order valence-corrected chi connectivity index (χ1v) is 11.0. The van der Waals surface area contributed by atoms with E-state index in [1.165, 1.54) is 0 Å². The van der Waals surface area contributed by atoms with Crippen LogP contribution in [0.15, 0.2) is 77.7 Å². The van der Waals surface area contributed by atoms with E-state index in [-0.39, 0.29) is 17.6 Å². The molecular formula is C26H26N4O2. The van der Waals surface area contributed by atoms with Crippen molar-refractivity contribution in [1.29, 1.82) is 0 Å². The van der Waals surface area contributed by atoms with E-state index in [1.807, 2.05) is 78.6 Å². The van der Waals surface area contributed by atoms with E-state index < -0.39 is 0 Å². The maximum absolute atomic E-state index is 13.5. The molecule has 1 aliphatic rings. The lowest BCUT2D eigenvalue weighted by atomic mass is 10.1. The Hall–Kier alpha value is -3.67. The normalized spacial score (nSPS) is 16.0. The third kappa shape index (κ3) is 3.73. The van der Waals surface area contributed by atoms with Gasteiger partial charge in [0.05, 0.1) is 24.5 Å². The molecule has 2 aromatic heterocycles. The molecule has 6 heteroatoms. The van der Waals surface area contributed by atoms with Crippen LogP contribution in [0.3, 0.4) is 0 Å². The Morgan fingerprint density at radius 3 is 2.62 bits per heavy atom. The fraction of sp³-hybridized carbons (Fsp3) is 0.269. The number of imidazole rings is 1. The number of pyridine rings is 1. The van der Waals surface area contributed by atoms with Gasteiger partial charge < -0.3 is 4.90 Å². The Morgan fingerprint density at radius 1 is 1.03 bits per heavy atom. The summed E-state index contributed by atoms with van der Waals surface area (Å²) in [5.41, 5.74) is 4.69. The number of rotatable bonds is 5. The van der Waals surface area contributed by atoms with Crippen LogP contribution in [0.2, 0.25) is 0 Å². The number of carbonyl (C=O) groups is 1. The predicted molar refractivity (Wildman–Crippen MR) is 125 cm³/mol. The largest absolute Gasteiger partial charge is 0.340 e. The number of hydrogen-bond acceptors (Lipinski definition) is 3. The van der Waals surface area contributed by atoms with Crippen molar-refractivity contribution in [2.75, 3.05) is 13.1 Å². The van der Waals surface area contributed by atoms with Gasteiger partial charge in [-0.05, 0) is 42.2 Å². The lowest BCUT2D eigenvalue weighted by molar-refractivity contribution is -0.129. The zero-order valence-corrected chi connectivity index (χ0v) is 18.1. The Morgan fingerprint density at radius 2 is 1.81 bits per heavy atom. The second-order valence-electron chi connectivity index (χ2n) is 8.46. The number of benzene rings is 2. The number of amides is 1. The number of nitrogens with zero attached hydrogens (tertiary/aromatic N) is 4. The molecule has 0 radical (unpaired) electrons. The first kappa shape index (κ1) is 20.2. The van der Waals surface area contributed by atoms with Crippen LogP contribution in [0.1, 0.15) is 29.2 Å². The molecule has 162 valence electrons. The molecule has 0 N–H and O–H groups in total. The average molecular weight is 427 g/mol. The van der Waals surface area contributed by atoms with Crippen LogP contribution in [-0.2, 0) is 17.8 Å². The van der Waals surface area contributed by atoms with Crippen LogP contribution in [0.25, 0.3) is 11.2 Å². The second-order valence-corrected chi connectivity index (χ2v) is 8.46. The Balaban J connectivity index is 1.42. The van der Waals surface area contributed by atoms with Gasteiger partial charge in [-0.1, -0.05) is 54.6 Å². The minimum Gasteiger partial charge on any atom is -0.340 e. The fourth-order valence-electron chi connectivity index (χ4n) is 4.62. The summed E-state index contributed by atoms with van der Waals surface area (Å²) in [4.78, 5) is 32.8. The highest BCUT2D eigenvalue weighted by atomic mass is 16.2. The van der Waals surface area contributed by atoms with Crippen molar-refractivity contribution in [3.63, 3.8) is 0 Å². The molecule has 1 saturated heterocycles. The molecule has 3 heterocycles. The zero-order valence-electron chi connectivity index (χ0n) is 18.1. The van der Waals surface area contributed by atoms with Crippen molar-refractivity contribution in [2.24, 2.45) is 0 Å². The van der Waals surface area contributed by atoms with Gasteiger partial charge in [-0.3, -0.25) is 13.9 Å². The second kappa shape index (κ2) is 8.46. The van der Waals surface area contributed by atoms with Gasteiger partial charge in [-0.15, -0.1) is 0 Å². The molecular weight excluding hydrogens is 400 g/mol. The minimum atomic E-state index is -0.0715. The van der Waals surface area contributed by atoms with Gasteiger partial charge in [-0.25, -0.2) is 9.78 Å². The number of likely N-dealkylation sites (tertiary alicyclic amines) is 1. The van der Waals surface area contributed by atoms with Crippen molar-refractivity contribution in [1.82, 2.24) is 19.0 Å². The highest BCUT2D eigenvalue weighted by Gasteiger charge is 2.31. The van der Waals surface area contributed by atoms with Gasteiger partial charge in [0.15, 0.2) is 5.65 Å². The maximum Gasteiger partial charge on any atom is 0.330 e. The number of aromatic nitrogens is 3. The third-order valence-electron chi connectivity index (χ3n) is 6.39. The summed E-state index contributed by atoms with van der Waals surface area (Å²) in [7, 11) is 0. The van der Waals surface area contributed by atoms with E-state index in [1.54, 1.807) is 15.3 Å². The molecule has 0 spiro atoms. The van der Waals surface area contributed by atoms with Crippen molar-refractivity contribution in [3.05, 3.63) is 100 Å². The molecule has 5 rings (SSSR count). The van der Waals surface area contributed by atoms with Gasteiger partial charge >= 0.3 is 5.69 Å². The predicted octanol–water partition coefficient (Wildman–Crippen LogP) is 3.57. The SMILES string of the molecule is Cc1ccccc1CC(=O)N1CC[C@@H](n2c(=O)n(Cc3ccccc3)c3cccnc32)C1. The summed E-state index contributed by atoms with van der Waals surface area (Å²) >= 11 is 0. The minimum absolute atomic E-state index is 0.0687. The Kier molecular flexibility index (Phi) is 5.35. The van der Waals surface area contributed by atoms with Crippen LogP contribution < -0.4 is 5.69 Å². The summed E-state index contributed by atoms with van der Waals surface area (Å²) in [6, 6.07) is 21.7. The number of hydrogen-bond donors (Lipinski definition) is 0. The average Bonchev–Trinajstić information content (AvgIpc) is 3.39. The molecule has 0 saturated carbocycles. The third-order valence-corrected chi connectivity index (χ3v) is 6.39. The summed E-state index contributed by atoms with van der Waals surface area (Å²) in [5.74, 6) is 0.107. The highest BCUT2D eigenvalue weighted by molar-refractivity contribution is 5.79. The van der Waals surface area contributed by atoms with Crippen molar-refractivity contribution >= 4 is 17.1 Å². The van der Waals surface area contributed by atoms with E-state index in [0.717, 1.165) is 28.6 Å². The summed E-state index contributed by atoms with van der Waals surface area (Å²) in [6.07, 6.45) is 2.87. The maximum atomic E-state index is 13.5. The first-order valence-electron chi connectivity index (χ1n) is 11.0. The zero-order chi connectivity index (χ0) is 22.1. The fourth-order valence-corrected chi connectivity index (χ4v) is 4.62. The lowest BCUT2D eigenvalue weighted by Gasteiger charge is -2.17. The molecule has 1 amide bonds. The molecule has 0 unspecified atom stereocenters. The molecule has 0 aliphatic carbocycles. The van der Waals surface area contributed by atoms with E-state index in [4.69, 9.17) is 0 Å². The molecule has 1 fully saturated rings. The van der Waals surface area contributed by atoms with Crippen molar-refractivity contribution in [2.45, 2.75) is 32.4 Å². The molecule has 1 atom stereocenters. The summed E-state index contributed by atoms with van der Waals surface area (Å²) in [5, 5.41) is 0. The summed E-state index contributed by atoms with van der Waals surface area (Å²) < 4.78 is 3.58. The van der Waals surface area contributed by atoms with Crippen LogP contribution in [0.5, 0.6) is 0 Å². The van der Waals surface area contributed by atoms with E-state index in [0.29, 0.717) is 31.7 Å². The standard InChI is InChI=1S/C26H26N4O2/c1-19-8-5-6-11-21(19)16-24(31)28-15-13-22(18-28)30-25-23(12-7-14-27-25)29(26(30)32)17-20-9-3-2-4-10-20/h2-12,14,22H,13,15-18H2,1H3/t22-/m1/s1. The van der Waals surface area contributed by atoms with Crippen LogP contribution in [0.4, 0.5) is 0 Å². The number of fused-ring (bicyclic) bond motifs is 1. The molecule has 6 nitrogen and oxygen atoms in total. The van der Waals surface area contributed by atoms with E-state index >= 15 is 0 Å². The molecule has 2 aromatic carbocycles. The van der Waals surface area contributed by atoms with E-state index in [9.17, 15) is 9.59 Å². The monoisotopic (exact) mass is 426 g/mol. The number of aryl methyl sites for hydroxylation is 1. The smallest absolute Gasteiger partial charge is 0.330 e. The van der Waals surface area contributed by atoms with Gasteiger partial charge in [0.25, 0.3) is 0 Å². The molecule has 4 aromatic rings. The van der Waals surface area contributed by atoms with Gasteiger partial charge in [0.2, 0.25) is 5.91 Å². The van der Waals surface area contributed by atoms with Gasteiger partial charge in [0.1, 0.15) is 0 Å². The van der Waals surface area contributed by atoms with Crippen LogP contribution in [0, 0.1) is 6.92 Å². The Labute approximate surface area is 186 Å². The Bertz CT molecular complexity index is 1320. The van der Waals surface area contributed by atoms with Gasteiger partial charge in [-0.2, -0.15) is 0 Å². The summed E-state index contributed by atoms with van der Waals surface area (Å²) in [6.45, 7) is 3.71. The number of carbonyl (C=O) groups excluding carboxylic acids is 1. The van der Waals surface area contributed by atoms with E-state index in [2.05, 4.69) is 4.98 Å². The van der Waals surface area contributed by atoms with Crippen molar-refractivity contribution < 1.29 is 4.79 Å².